The van der Waals surface area contributed by atoms with Gasteiger partial charge in [0.2, 0.25) is 23.5 Å². The van der Waals surface area contributed by atoms with Gasteiger partial charge in [0.1, 0.15) is 12.6 Å². The Morgan fingerprint density at radius 1 is 0.830 bits per heavy atom. The van der Waals surface area contributed by atoms with Crippen LogP contribution in [0.15, 0.2) is 91.0 Å². The number of rotatable bonds is 15. The van der Waals surface area contributed by atoms with Crippen molar-refractivity contribution < 1.29 is 38.3 Å². The average Bonchev–Trinajstić information content (AvgIpc) is 3.59. The number of amides is 7. The van der Waals surface area contributed by atoms with Crippen LogP contribution in [0.1, 0.15) is 36.9 Å². The number of nitrogens with zero attached hydrogens (tertiary/aromatic N) is 2. The highest BCUT2D eigenvalue weighted by Crippen LogP contribution is 2.21. The van der Waals surface area contributed by atoms with E-state index < -0.39 is 72.1 Å². The lowest BCUT2D eigenvalue weighted by atomic mass is 10.00. The molecule has 4 rings (SSSR count). The van der Waals surface area contributed by atoms with Crippen molar-refractivity contribution in [3.05, 3.63) is 102 Å². The standard InChI is InChI=1S/C38H45N7O8/c1-4-14-29(33(47)35(49)39-21-31(46)43-32(36(50)44(2)3)26-17-10-6-11-18-26)41-34(48)28-22-45(38(52)53-24-25-15-8-5-9-16-25)23-30(28)42-37(51)40-27-19-12-7-13-20-27/h5-13,15-20,28-30,32H,4,14,21-24H2,1-3H3,(H,39,49)(H,41,48)(H,43,46)(H2,40,42,51)/t28-,29+,30+,32+/m1/s1. The number of carbonyl (C=O) groups is 7. The molecule has 1 saturated heterocycles. The van der Waals surface area contributed by atoms with E-state index in [2.05, 4.69) is 26.6 Å². The molecule has 15 nitrogen and oxygen atoms in total. The average molecular weight is 728 g/mol. The normalized spacial score (nSPS) is 15.9. The summed E-state index contributed by atoms with van der Waals surface area (Å²) in [7, 11) is 3.09. The lowest BCUT2D eigenvalue weighted by Crippen LogP contribution is -2.53. The zero-order chi connectivity index (χ0) is 38.3. The van der Waals surface area contributed by atoms with Crippen LogP contribution < -0.4 is 26.6 Å². The lowest BCUT2D eigenvalue weighted by molar-refractivity contribution is -0.141. The van der Waals surface area contributed by atoms with Crippen LogP contribution in [0.5, 0.6) is 0 Å². The predicted octanol–water partition coefficient (Wildman–Crippen LogP) is 2.36. The van der Waals surface area contributed by atoms with Crippen molar-refractivity contribution in [2.75, 3.05) is 39.0 Å². The summed E-state index contributed by atoms with van der Waals surface area (Å²) in [5.41, 5.74) is 1.81. The number of benzene rings is 3. The summed E-state index contributed by atoms with van der Waals surface area (Å²) in [5, 5.41) is 13.0. The molecule has 1 heterocycles. The van der Waals surface area contributed by atoms with E-state index in [1.807, 2.05) is 18.2 Å². The zero-order valence-corrected chi connectivity index (χ0v) is 29.9. The maximum atomic E-state index is 13.8. The van der Waals surface area contributed by atoms with Gasteiger partial charge < -0.3 is 41.1 Å². The number of para-hydroxylation sites is 1. The number of hydrogen-bond acceptors (Lipinski definition) is 8. The number of ketones is 1. The molecule has 1 aliphatic rings. The quantitative estimate of drug-likeness (QED) is 0.147. The van der Waals surface area contributed by atoms with Crippen molar-refractivity contribution in [1.82, 2.24) is 31.1 Å². The fraction of sp³-hybridized carbons (Fsp3) is 0.342. The summed E-state index contributed by atoms with van der Waals surface area (Å²) < 4.78 is 5.46. The first-order valence-electron chi connectivity index (χ1n) is 17.2. The van der Waals surface area contributed by atoms with Gasteiger partial charge in [-0.15, -0.1) is 0 Å². The van der Waals surface area contributed by atoms with Gasteiger partial charge in [-0.05, 0) is 29.7 Å². The van der Waals surface area contributed by atoms with Gasteiger partial charge in [-0.3, -0.25) is 24.0 Å². The Labute approximate surface area is 307 Å². The lowest BCUT2D eigenvalue weighted by Gasteiger charge is -2.23. The smallest absolute Gasteiger partial charge is 0.410 e. The van der Waals surface area contributed by atoms with Crippen LogP contribution in [-0.2, 0) is 35.3 Å². The van der Waals surface area contributed by atoms with Gasteiger partial charge >= 0.3 is 12.1 Å². The van der Waals surface area contributed by atoms with Crippen molar-refractivity contribution in [3.8, 4) is 0 Å². The van der Waals surface area contributed by atoms with Crippen LogP contribution in [0.4, 0.5) is 15.3 Å². The molecule has 0 spiro atoms. The first-order chi connectivity index (χ1) is 25.5. The SMILES string of the molecule is CCC[C@H](NC(=O)[C@@H]1CN(C(=O)OCc2ccccc2)C[C@@H]1NC(=O)Nc1ccccc1)C(=O)C(=O)NCC(=O)N[C@H](C(=O)N(C)C)c1ccccc1. The zero-order valence-electron chi connectivity index (χ0n) is 29.9. The first-order valence-corrected chi connectivity index (χ1v) is 17.2. The summed E-state index contributed by atoms with van der Waals surface area (Å²) in [5.74, 6) is -4.87. The number of ether oxygens (including phenoxy) is 1. The van der Waals surface area contributed by atoms with E-state index in [1.165, 1.54) is 9.80 Å². The molecule has 3 aromatic carbocycles. The van der Waals surface area contributed by atoms with Gasteiger partial charge in [0.05, 0.1) is 24.5 Å². The predicted molar refractivity (Wildman–Crippen MR) is 195 cm³/mol. The molecule has 0 unspecified atom stereocenters. The molecular weight excluding hydrogens is 682 g/mol. The van der Waals surface area contributed by atoms with Crippen molar-refractivity contribution in [2.24, 2.45) is 5.92 Å². The summed E-state index contributed by atoms with van der Waals surface area (Å²) in [6, 6.07) is 22.5. The van der Waals surface area contributed by atoms with Crippen LogP contribution in [0.2, 0.25) is 0 Å². The molecule has 0 radical (unpaired) electrons. The van der Waals surface area contributed by atoms with Gasteiger partial charge in [0.15, 0.2) is 0 Å². The number of Topliss-reactive ketones (excluding diaryl/α,β-unsaturated/α-hetero) is 1. The molecular formula is C38H45N7O8. The second-order valence-corrected chi connectivity index (χ2v) is 12.7. The van der Waals surface area contributed by atoms with Gasteiger partial charge in [0, 0.05) is 32.9 Å². The number of carbonyl (C=O) groups excluding carboxylic acids is 7. The first kappa shape index (κ1) is 39.5. The molecule has 0 aromatic heterocycles. The molecule has 7 amide bonds. The fourth-order valence-electron chi connectivity index (χ4n) is 5.68. The molecule has 15 heteroatoms. The Hall–Kier alpha value is -6.25. The van der Waals surface area contributed by atoms with Crippen molar-refractivity contribution >= 4 is 47.2 Å². The topological polar surface area (TPSA) is 195 Å². The molecule has 4 atom stereocenters. The van der Waals surface area contributed by atoms with E-state index in [0.717, 1.165) is 5.56 Å². The summed E-state index contributed by atoms with van der Waals surface area (Å²) in [6.45, 7) is 0.965. The van der Waals surface area contributed by atoms with E-state index in [4.69, 9.17) is 4.74 Å². The third-order valence-corrected chi connectivity index (χ3v) is 8.44. The summed E-state index contributed by atoms with van der Waals surface area (Å²) in [4.78, 5) is 94.3. The highest BCUT2D eigenvalue weighted by molar-refractivity contribution is 6.38. The second-order valence-electron chi connectivity index (χ2n) is 12.7. The molecule has 3 aromatic rings. The highest BCUT2D eigenvalue weighted by atomic mass is 16.6. The van der Waals surface area contributed by atoms with E-state index in [0.29, 0.717) is 17.7 Å². The van der Waals surface area contributed by atoms with E-state index in [9.17, 15) is 33.6 Å². The highest BCUT2D eigenvalue weighted by Gasteiger charge is 2.42. The Morgan fingerprint density at radius 3 is 2.08 bits per heavy atom. The van der Waals surface area contributed by atoms with E-state index in [1.54, 1.807) is 93.8 Å². The Bertz CT molecular complexity index is 1740. The van der Waals surface area contributed by atoms with Crippen molar-refractivity contribution in [2.45, 2.75) is 44.5 Å². The number of urea groups is 1. The molecule has 5 N–H and O–H groups in total. The molecule has 1 aliphatic heterocycles. The number of nitrogens with one attached hydrogen (secondary N) is 5. The maximum Gasteiger partial charge on any atom is 0.410 e. The molecule has 0 bridgehead atoms. The van der Waals surface area contributed by atoms with Gasteiger partial charge in [-0.25, -0.2) is 9.59 Å². The van der Waals surface area contributed by atoms with Crippen molar-refractivity contribution in [3.63, 3.8) is 0 Å². The van der Waals surface area contributed by atoms with E-state index in [-0.39, 0.29) is 26.1 Å². The van der Waals surface area contributed by atoms with Crippen LogP contribution >= 0.6 is 0 Å². The van der Waals surface area contributed by atoms with Crippen LogP contribution in [-0.4, -0.2) is 97.1 Å². The van der Waals surface area contributed by atoms with Crippen LogP contribution in [0.3, 0.4) is 0 Å². The Morgan fingerprint density at radius 2 is 1.45 bits per heavy atom. The number of anilines is 1. The van der Waals surface area contributed by atoms with Gasteiger partial charge in [-0.2, -0.15) is 0 Å². The van der Waals surface area contributed by atoms with Crippen LogP contribution in [0.25, 0.3) is 0 Å². The number of hydrogen-bond donors (Lipinski definition) is 5. The Balaban J connectivity index is 1.40. The third-order valence-electron chi connectivity index (χ3n) is 8.44. The second kappa shape index (κ2) is 19.4. The summed E-state index contributed by atoms with van der Waals surface area (Å²) in [6.07, 6.45) is -0.181. The van der Waals surface area contributed by atoms with Crippen molar-refractivity contribution in [1.29, 1.82) is 0 Å². The largest absolute Gasteiger partial charge is 0.445 e. The minimum absolute atomic E-state index is 0.00128. The molecule has 0 aliphatic carbocycles. The van der Waals surface area contributed by atoms with Gasteiger partial charge in [0.25, 0.3) is 5.91 Å². The number of likely N-dealkylation sites (N-methyl/N-ethyl adjacent to an activating group) is 1. The molecule has 280 valence electrons. The molecule has 53 heavy (non-hydrogen) atoms. The monoisotopic (exact) mass is 727 g/mol. The molecule has 0 saturated carbocycles. The van der Waals surface area contributed by atoms with Crippen LogP contribution in [0, 0.1) is 5.92 Å². The number of likely N-dealkylation sites (tertiary alicyclic amines) is 1. The minimum Gasteiger partial charge on any atom is -0.445 e. The third kappa shape index (κ3) is 11.6. The fourth-order valence-corrected chi connectivity index (χ4v) is 5.68. The molecule has 1 fully saturated rings. The van der Waals surface area contributed by atoms with E-state index >= 15 is 0 Å². The maximum absolute atomic E-state index is 13.8. The minimum atomic E-state index is -1.26. The van der Waals surface area contributed by atoms with Gasteiger partial charge in [-0.1, -0.05) is 92.2 Å². The summed E-state index contributed by atoms with van der Waals surface area (Å²) >= 11 is 0. The Kier molecular flexibility index (Phi) is 14.5.